The lowest BCUT2D eigenvalue weighted by atomic mass is 10.3. The molecule has 0 aliphatic carbocycles. The van der Waals surface area contributed by atoms with Gasteiger partial charge in [-0.3, -0.25) is 4.79 Å². The minimum absolute atomic E-state index is 0.344. The molecule has 0 bridgehead atoms. The predicted molar refractivity (Wildman–Crippen MR) is 52.7 cm³/mol. The Bertz CT molecular complexity index is 305. The van der Waals surface area contributed by atoms with E-state index in [1.165, 1.54) is 7.11 Å². The second kappa shape index (κ2) is 4.35. The van der Waals surface area contributed by atoms with E-state index in [0.717, 1.165) is 0 Å². The van der Waals surface area contributed by atoms with E-state index in [2.05, 4.69) is 5.32 Å². The molecule has 0 unspecified atom stereocenters. The van der Waals surface area contributed by atoms with Crippen molar-refractivity contribution in [2.45, 2.75) is 0 Å². The van der Waals surface area contributed by atoms with Crippen LogP contribution >= 0.6 is 23.2 Å². The largest absolute Gasteiger partial charge is 0.497 e. The van der Waals surface area contributed by atoms with Crippen LogP contribution in [0.4, 0.5) is 5.69 Å². The number of hydrogen-bond donors (Lipinski definition) is 1. The van der Waals surface area contributed by atoms with Gasteiger partial charge in [-0.25, -0.2) is 0 Å². The van der Waals surface area contributed by atoms with Crippen LogP contribution in [-0.4, -0.2) is 13.5 Å². The number of halogens is 2. The van der Waals surface area contributed by atoms with Crippen LogP contribution in [0, 0.1) is 0 Å². The second-order valence-corrected chi connectivity index (χ2v) is 3.04. The lowest BCUT2D eigenvalue weighted by molar-refractivity contribution is -0.105. The normalized spacial score (nSPS) is 9.46. The van der Waals surface area contributed by atoms with Crippen molar-refractivity contribution in [3.8, 4) is 5.75 Å². The van der Waals surface area contributed by atoms with E-state index in [1.54, 1.807) is 12.1 Å². The van der Waals surface area contributed by atoms with Crippen LogP contribution in [0.2, 0.25) is 10.0 Å². The molecule has 0 saturated carbocycles. The van der Waals surface area contributed by atoms with E-state index in [-0.39, 0.29) is 0 Å². The van der Waals surface area contributed by atoms with Crippen molar-refractivity contribution < 1.29 is 9.53 Å². The number of methoxy groups -OCH3 is 1. The summed E-state index contributed by atoms with van der Waals surface area (Å²) in [5.74, 6) is 0.548. The van der Waals surface area contributed by atoms with Gasteiger partial charge in [0.1, 0.15) is 5.75 Å². The average Bonchev–Trinajstić information content (AvgIpc) is 2.11. The molecule has 1 aromatic carbocycles. The summed E-state index contributed by atoms with van der Waals surface area (Å²) in [4.78, 5) is 10.2. The van der Waals surface area contributed by atoms with Gasteiger partial charge in [0.25, 0.3) is 0 Å². The SMILES string of the molecule is COc1cc(Cl)c(NC=O)c(Cl)c1. The Labute approximate surface area is 85.6 Å². The van der Waals surface area contributed by atoms with Gasteiger partial charge in [0.05, 0.1) is 22.8 Å². The molecule has 1 amide bonds. The van der Waals surface area contributed by atoms with Gasteiger partial charge in [0.15, 0.2) is 0 Å². The van der Waals surface area contributed by atoms with Crippen LogP contribution in [0.1, 0.15) is 0 Å². The third-order valence-corrected chi connectivity index (χ3v) is 2.05. The first kappa shape index (κ1) is 10.2. The summed E-state index contributed by atoms with van der Waals surface area (Å²) in [6, 6.07) is 3.14. The highest BCUT2D eigenvalue weighted by atomic mass is 35.5. The maximum Gasteiger partial charge on any atom is 0.211 e. The maximum absolute atomic E-state index is 10.2. The van der Waals surface area contributed by atoms with Gasteiger partial charge in [-0.2, -0.15) is 0 Å². The van der Waals surface area contributed by atoms with E-state index >= 15 is 0 Å². The summed E-state index contributed by atoms with van der Waals surface area (Å²) in [5.41, 5.74) is 0.388. The highest BCUT2D eigenvalue weighted by Crippen LogP contribution is 2.34. The van der Waals surface area contributed by atoms with Crippen LogP contribution in [0.3, 0.4) is 0 Å². The zero-order valence-electron chi connectivity index (χ0n) is 6.80. The smallest absolute Gasteiger partial charge is 0.211 e. The number of rotatable bonds is 3. The molecule has 13 heavy (non-hydrogen) atoms. The van der Waals surface area contributed by atoms with Crippen molar-refractivity contribution >= 4 is 35.3 Å². The van der Waals surface area contributed by atoms with E-state index in [9.17, 15) is 4.79 Å². The van der Waals surface area contributed by atoms with Crippen molar-refractivity contribution in [1.82, 2.24) is 0 Å². The molecule has 0 saturated heterocycles. The molecule has 0 heterocycles. The minimum Gasteiger partial charge on any atom is -0.497 e. The number of nitrogens with one attached hydrogen (secondary N) is 1. The number of carbonyl (C=O) groups excluding carboxylic acids is 1. The van der Waals surface area contributed by atoms with Gasteiger partial charge in [0.2, 0.25) is 6.41 Å². The van der Waals surface area contributed by atoms with E-state index in [1.807, 2.05) is 0 Å². The van der Waals surface area contributed by atoms with Gasteiger partial charge in [-0.05, 0) is 0 Å². The summed E-state index contributed by atoms with van der Waals surface area (Å²) >= 11 is 11.6. The third kappa shape index (κ3) is 2.26. The van der Waals surface area contributed by atoms with Crippen molar-refractivity contribution in [3.63, 3.8) is 0 Å². The summed E-state index contributed by atoms with van der Waals surface area (Å²) in [6.07, 6.45) is 0.513. The Morgan fingerprint density at radius 2 is 1.92 bits per heavy atom. The average molecular weight is 220 g/mol. The van der Waals surface area contributed by atoms with Crippen molar-refractivity contribution in [2.24, 2.45) is 0 Å². The predicted octanol–water partition coefficient (Wildman–Crippen LogP) is 2.57. The zero-order valence-corrected chi connectivity index (χ0v) is 8.32. The third-order valence-electron chi connectivity index (χ3n) is 1.45. The van der Waals surface area contributed by atoms with Crippen LogP contribution in [-0.2, 0) is 4.79 Å². The molecule has 0 atom stereocenters. The standard InChI is InChI=1S/C8H7Cl2NO2/c1-13-5-2-6(9)8(11-4-12)7(10)3-5/h2-4H,1H3,(H,11,12). The maximum atomic E-state index is 10.2. The van der Waals surface area contributed by atoms with Gasteiger partial charge in [-0.15, -0.1) is 0 Å². The minimum atomic E-state index is 0.344. The highest BCUT2D eigenvalue weighted by Gasteiger charge is 2.07. The van der Waals surface area contributed by atoms with Crippen molar-refractivity contribution in [2.75, 3.05) is 12.4 Å². The fourth-order valence-electron chi connectivity index (χ4n) is 0.865. The van der Waals surface area contributed by atoms with Gasteiger partial charge in [0, 0.05) is 12.1 Å². The van der Waals surface area contributed by atoms with Crippen LogP contribution < -0.4 is 10.1 Å². The van der Waals surface area contributed by atoms with Crippen LogP contribution in [0.25, 0.3) is 0 Å². The fraction of sp³-hybridized carbons (Fsp3) is 0.125. The molecule has 0 aromatic heterocycles. The number of anilines is 1. The van der Waals surface area contributed by atoms with Crippen molar-refractivity contribution in [3.05, 3.63) is 22.2 Å². The molecule has 1 aromatic rings. The number of ether oxygens (including phenoxy) is 1. The van der Waals surface area contributed by atoms with Gasteiger partial charge >= 0.3 is 0 Å². The number of hydrogen-bond acceptors (Lipinski definition) is 2. The Kier molecular flexibility index (Phi) is 3.39. The first-order chi connectivity index (χ1) is 6.19. The Balaban J connectivity index is 3.14. The zero-order chi connectivity index (χ0) is 9.84. The lowest BCUT2D eigenvalue weighted by Crippen LogP contribution is -1.96. The molecular weight excluding hydrogens is 213 g/mol. The molecule has 5 heteroatoms. The van der Waals surface area contributed by atoms with E-state index in [0.29, 0.717) is 27.9 Å². The first-order valence-corrected chi connectivity index (χ1v) is 4.18. The van der Waals surface area contributed by atoms with Crippen LogP contribution in [0.5, 0.6) is 5.75 Å². The Morgan fingerprint density at radius 3 is 2.31 bits per heavy atom. The lowest BCUT2D eigenvalue weighted by Gasteiger charge is -2.07. The van der Waals surface area contributed by atoms with Crippen LogP contribution in [0.15, 0.2) is 12.1 Å². The highest BCUT2D eigenvalue weighted by molar-refractivity contribution is 6.39. The quantitative estimate of drug-likeness (QED) is 0.795. The fourth-order valence-corrected chi connectivity index (χ4v) is 1.44. The molecule has 0 fully saturated rings. The van der Waals surface area contributed by atoms with E-state index in [4.69, 9.17) is 27.9 Å². The van der Waals surface area contributed by atoms with Crippen molar-refractivity contribution in [1.29, 1.82) is 0 Å². The number of carbonyl (C=O) groups is 1. The molecule has 0 spiro atoms. The van der Waals surface area contributed by atoms with Gasteiger partial charge < -0.3 is 10.1 Å². The number of amides is 1. The molecule has 70 valence electrons. The molecule has 3 nitrogen and oxygen atoms in total. The first-order valence-electron chi connectivity index (χ1n) is 3.42. The Hall–Kier alpha value is -0.930. The monoisotopic (exact) mass is 219 g/mol. The molecule has 0 radical (unpaired) electrons. The summed E-state index contributed by atoms with van der Waals surface area (Å²) < 4.78 is 4.92. The summed E-state index contributed by atoms with van der Waals surface area (Å²) in [6.45, 7) is 0. The summed E-state index contributed by atoms with van der Waals surface area (Å²) in [5, 5.41) is 3.08. The molecule has 0 aliphatic heterocycles. The second-order valence-electron chi connectivity index (χ2n) is 2.23. The summed E-state index contributed by atoms with van der Waals surface area (Å²) in [7, 11) is 1.51. The number of benzene rings is 1. The molecule has 0 aliphatic rings. The Morgan fingerprint density at radius 1 is 1.38 bits per heavy atom. The molecule has 1 rings (SSSR count). The van der Waals surface area contributed by atoms with Gasteiger partial charge in [-0.1, -0.05) is 23.2 Å². The molecule has 1 N–H and O–H groups in total. The molecular formula is C8H7Cl2NO2. The topological polar surface area (TPSA) is 38.3 Å². The van der Waals surface area contributed by atoms with E-state index < -0.39 is 0 Å².